The van der Waals surface area contributed by atoms with E-state index in [2.05, 4.69) is 16.6 Å². The number of amides is 1. The molecule has 0 radical (unpaired) electrons. The molecule has 2 aromatic carbocycles. The summed E-state index contributed by atoms with van der Waals surface area (Å²) in [4.78, 5) is 35.0. The minimum atomic E-state index is -0.434. The van der Waals surface area contributed by atoms with Gasteiger partial charge in [-0.15, -0.1) is 6.58 Å². The van der Waals surface area contributed by atoms with Gasteiger partial charge in [-0.05, 0) is 54.2 Å². The molecular weight excluding hydrogens is 470 g/mol. The summed E-state index contributed by atoms with van der Waals surface area (Å²) >= 11 is 2.75. The number of rotatable bonds is 6. The first kappa shape index (κ1) is 21.8. The molecule has 0 N–H and O–H groups in total. The summed E-state index contributed by atoms with van der Waals surface area (Å²) in [5.41, 5.74) is 2.41. The van der Waals surface area contributed by atoms with E-state index >= 15 is 0 Å². The molecule has 0 bridgehead atoms. The summed E-state index contributed by atoms with van der Waals surface area (Å²) in [5, 5.41) is 12.1. The van der Waals surface area contributed by atoms with Crippen LogP contribution in [0.4, 0.5) is 10.8 Å². The van der Waals surface area contributed by atoms with Crippen LogP contribution in [0.3, 0.4) is 0 Å². The van der Waals surface area contributed by atoms with Gasteiger partial charge in [0, 0.05) is 36.3 Å². The minimum absolute atomic E-state index is 0.0214. The number of nitro benzene ring substituents is 1. The molecule has 1 fully saturated rings. The van der Waals surface area contributed by atoms with E-state index in [4.69, 9.17) is 0 Å². The van der Waals surface area contributed by atoms with Gasteiger partial charge in [-0.2, -0.15) is 4.99 Å². The Morgan fingerprint density at radius 2 is 1.91 bits per heavy atom. The van der Waals surface area contributed by atoms with Gasteiger partial charge in [0.2, 0.25) is 5.13 Å². The molecule has 0 unspecified atom stereocenters. The number of carbonyl (C=O) groups excluding carboxylic acids is 1. The fraction of sp³-hybridized carbons (Fsp3) is 0.0417. The number of para-hydroxylation sites is 1. The summed E-state index contributed by atoms with van der Waals surface area (Å²) in [7, 11) is 0. The van der Waals surface area contributed by atoms with Crippen molar-refractivity contribution < 1.29 is 9.72 Å². The number of hydrogen-bond donors (Lipinski definition) is 0. The van der Waals surface area contributed by atoms with Crippen LogP contribution >= 0.6 is 23.1 Å². The molecule has 1 amide bonds. The first-order valence-electron chi connectivity index (χ1n) is 10.2. The van der Waals surface area contributed by atoms with Crippen molar-refractivity contribution in [2.75, 3.05) is 6.54 Å². The molecule has 0 spiro atoms. The molecule has 34 heavy (non-hydrogen) atoms. The van der Waals surface area contributed by atoms with Gasteiger partial charge in [-0.3, -0.25) is 19.8 Å². The Balaban J connectivity index is 1.48. The monoisotopic (exact) mass is 487 g/mol. The average molecular weight is 488 g/mol. The second-order valence-electron chi connectivity index (χ2n) is 7.25. The molecule has 1 aliphatic rings. The first-order valence-corrected chi connectivity index (χ1v) is 11.9. The van der Waals surface area contributed by atoms with Crippen molar-refractivity contribution in [3.8, 4) is 5.69 Å². The van der Waals surface area contributed by atoms with Gasteiger partial charge in [0.1, 0.15) is 0 Å². The number of amidine groups is 1. The Kier molecular flexibility index (Phi) is 5.83. The van der Waals surface area contributed by atoms with Gasteiger partial charge in [-0.25, -0.2) is 4.98 Å². The van der Waals surface area contributed by atoms with Crippen LogP contribution in [0.2, 0.25) is 0 Å². The maximum atomic E-state index is 13.2. The molecule has 8 nitrogen and oxygen atoms in total. The van der Waals surface area contributed by atoms with E-state index in [9.17, 15) is 14.9 Å². The van der Waals surface area contributed by atoms with E-state index in [0.29, 0.717) is 21.7 Å². The Hall–Kier alpha value is -4.02. The summed E-state index contributed by atoms with van der Waals surface area (Å²) in [6.45, 7) is 4.10. The number of non-ortho nitro benzene ring substituents is 1. The molecule has 10 heteroatoms. The summed E-state index contributed by atoms with van der Waals surface area (Å²) in [5.74, 6) is -0.166. The Labute approximate surface area is 202 Å². The first-order chi connectivity index (χ1) is 16.5. The molecule has 2 aromatic heterocycles. The minimum Gasteiger partial charge on any atom is -0.317 e. The van der Waals surface area contributed by atoms with E-state index < -0.39 is 4.92 Å². The largest absolute Gasteiger partial charge is 0.317 e. The van der Waals surface area contributed by atoms with Crippen LogP contribution in [0.15, 0.2) is 89.4 Å². The van der Waals surface area contributed by atoms with Crippen molar-refractivity contribution in [2.45, 2.75) is 0 Å². The standard InChI is InChI=1S/C24H17N5O3S2/c1-2-13-28-22(30)21(34-24(28)26-23-25-19-7-3-4-8-20(19)33-23)15-18-6-5-14-27(18)16-9-11-17(12-10-16)29(31)32/h2-12,14-15H,1,13H2. The Morgan fingerprint density at radius 1 is 1.12 bits per heavy atom. The number of thioether (sulfide) groups is 1. The van der Waals surface area contributed by atoms with E-state index in [0.717, 1.165) is 21.6 Å². The van der Waals surface area contributed by atoms with Gasteiger partial charge in [-0.1, -0.05) is 29.5 Å². The van der Waals surface area contributed by atoms with Crippen molar-refractivity contribution in [3.05, 3.63) is 100 Å². The van der Waals surface area contributed by atoms with Crippen molar-refractivity contribution in [2.24, 2.45) is 4.99 Å². The molecule has 3 heterocycles. The van der Waals surface area contributed by atoms with Gasteiger partial charge in [0.05, 0.1) is 20.0 Å². The Morgan fingerprint density at radius 3 is 2.65 bits per heavy atom. The van der Waals surface area contributed by atoms with E-state index in [1.807, 2.05) is 47.2 Å². The predicted octanol–water partition coefficient (Wildman–Crippen LogP) is 5.79. The summed E-state index contributed by atoms with van der Waals surface area (Å²) < 4.78 is 2.90. The quantitative estimate of drug-likeness (QED) is 0.149. The highest BCUT2D eigenvalue weighted by atomic mass is 32.2. The van der Waals surface area contributed by atoms with Crippen LogP contribution in [0.1, 0.15) is 5.69 Å². The highest BCUT2D eigenvalue weighted by Gasteiger charge is 2.33. The van der Waals surface area contributed by atoms with Gasteiger partial charge in [0.25, 0.3) is 11.6 Å². The highest BCUT2D eigenvalue weighted by molar-refractivity contribution is 8.18. The topological polar surface area (TPSA) is 93.6 Å². The van der Waals surface area contributed by atoms with Crippen LogP contribution in [0, 0.1) is 10.1 Å². The number of aliphatic imine (C=N–C) groups is 1. The number of fused-ring (bicyclic) bond motifs is 1. The number of nitro groups is 1. The Bertz CT molecular complexity index is 1450. The number of benzene rings is 2. The molecule has 0 saturated carbocycles. The maximum Gasteiger partial charge on any atom is 0.269 e. The molecule has 0 aliphatic carbocycles. The SMILES string of the molecule is C=CCN1C(=O)C(=Cc2cccn2-c2ccc([N+](=O)[O-])cc2)SC1=Nc1nc2ccccc2s1. The van der Waals surface area contributed by atoms with Crippen molar-refractivity contribution in [1.82, 2.24) is 14.5 Å². The van der Waals surface area contributed by atoms with Crippen molar-refractivity contribution in [3.63, 3.8) is 0 Å². The average Bonchev–Trinajstić information content (AvgIpc) is 3.54. The zero-order valence-electron chi connectivity index (χ0n) is 17.7. The third-order valence-electron chi connectivity index (χ3n) is 5.07. The van der Waals surface area contributed by atoms with Crippen LogP contribution in [-0.4, -0.2) is 37.0 Å². The number of carbonyl (C=O) groups is 1. The molecule has 0 atom stereocenters. The highest BCUT2D eigenvalue weighted by Crippen LogP contribution is 2.36. The van der Waals surface area contributed by atoms with Crippen LogP contribution in [-0.2, 0) is 4.79 Å². The third-order valence-corrected chi connectivity index (χ3v) is 7.01. The van der Waals surface area contributed by atoms with Crippen LogP contribution < -0.4 is 0 Å². The lowest BCUT2D eigenvalue weighted by atomic mass is 10.2. The zero-order valence-corrected chi connectivity index (χ0v) is 19.3. The number of aromatic nitrogens is 2. The molecule has 5 rings (SSSR count). The fourth-order valence-electron chi connectivity index (χ4n) is 3.49. The van der Waals surface area contributed by atoms with Crippen LogP contribution in [0.25, 0.3) is 22.0 Å². The number of nitrogens with zero attached hydrogens (tertiary/aromatic N) is 5. The summed E-state index contributed by atoms with van der Waals surface area (Å²) in [6, 6.07) is 17.8. The van der Waals surface area contributed by atoms with Gasteiger partial charge >= 0.3 is 0 Å². The lowest BCUT2D eigenvalue weighted by Gasteiger charge is -2.11. The van der Waals surface area contributed by atoms with E-state index in [-0.39, 0.29) is 11.6 Å². The van der Waals surface area contributed by atoms with Crippen molar-refractivity contribution in [1.29, 1.82) is 0 Å². The normalized spacial score (nSPS) is 16.1. The third kappa shape index (κ3) is 4.16. The predicted molar refractivity (Wildman–Crippen MR) is 137 cm³/mol. The lowest BCUT2D eigenvalue weighted by Crippen LogP contribution is -2.29. The van der Waals surface area contributed by atoms with Gasteiger partial charge < -0.3 is 4.57 Å². The second kappa shape index (κ2) is 9.08. The number of hydrogen-bond acceptors (Lipinski definition) is 7. The molecule has 1 saturated heterocycles. The zero-order chi connectivity index (χ0) is 23.7. The van der Waals surface area contributed by atoms with Gasteiger partial charge in [0.15, 0.2) is 5.17 Å². The molecular formula is C24H17N5O3S2. The molecule has 168 valence electrons. The summed E-state index contributed by atoms with van der Waals surface area (Å²) in [6.07, 6.45) is 5.30. The smallest absolute Gasteiger partial charge is 0.269 e. The van der Waals surface area contributed by atoms with E-state index in [1.165, 1.54) is 35.2 Å². The van der Waals surface area contributed by atoms with E-state index in [1.54, 1.807) is 29.2 Å². The second-order valence-corrected chi connectivity index (χ2v) is 9.27. The van der Waals surface area contributed by atoms with Crippen molar-refractivity contribution >= 4 is 61.3 Å². The van der Waals surface area contributed by atoms with Crippen LogP contribution in [0.5, 0.6) is 0 Å². The molecule has 1 aliphatic heterocycles. The maximum absolute atomic E-state index is 13.2. The molecule has 4 aromatic rings. The number of thiazole rings is 1. The fourth-order valence-corrected chi connectivity index (χ4v) is 5.36. The lowest BCUT2D eigenvalue weighted by molar-refractivity contribution is -0.384.